The molecule has 19 heavy (non-hydrogen) atoms. The molecule has 7 heteroatoms. The fourth-order valence-corrected chi connectivity index (χ4v) is 1.44. The van der Waals surface area contributed by atoms with Crippen molar-refractivity contribution in [2.45, 2.75) is 12.7 Å². The van der Waals surface area contributed by atoms with Crippen molar-refractivity contribution >= 4 is 5.91 Å². The van der Waals surface area contributed by atoms with Gasteiger partial charge in [0.2, 0.25) is 5.91 Å². The van der Waals surface area contributed by atoms with Crippen LogP contribution in [0.1, 0.15) is 5.56 Å². The van der Waals surface area contributed by atoms with E-state index in [9.17, 15) is 22.4 Å². The Morgan fingerprint density at radius 2 is 2.05 bits per heavy atom. The SMILES string of the molecule is CN(Cc1cccc(F)c1)C(=O)CNCC(F)(F)F. The van der Waals surface area contributed by atoms with Crippen molar-refractivity contribution in [3.8, 4) is 0 Å². The molecule has 0 heterocycles. The largest absolute Gasteiger partial charge is 0.401 e. The minimum atomic E-state index is -4.35. The molecule has 0 aliphatic carbocycles. The van der Waals surface area contributed by atoms with Gasteiger partial charge in [-0.3, -0.25) is 4.79 Å². The molecule has 1 amide bonds. The first kappa shape index (κ1) is 15.4. The van der Waals surface area contributed by atoms with E-state index in [1.807, 2.05) is 5.32 Å². The summed E-state index contributed by atoms with van der Waals surface area (Å²) >= 11 is 0. The number of halogens is 4. The Labute approximate surface area is 108 Å². The number of hydrogen-bond donors (Lipinski definition) is 1. The Balaban J connectivity index is 2.41. The zero-order valence-electron chi connectivity index (χ0n) is 10.3. The molecule has 1 N–H and O–H groups in total. The van der Waals surface area contributed by atoms with Crippen LogP contribution in [0.3, 0.4) is 0 Å². The monoisotopic (exact) mass is 278 g/mol. The fourth-order valence-electron chi connectivity index (χ4n) is 1.44. The molecule has 1 aromatic rings. The average Bonchev–Trinajstić information content (AvgIpc) is 2.27. The standard InChI is InChI=1S/C12H14F4N2O/c1-18(7-9-3-2-4-10(13)5-9)11(19)6-17-8-12(14,15)16/h2-5,17H,6-8H2,1H3. The van der Waals surface area contributed by atoms with Crippen LogP contribution in [-0.4, -0.2) is 37.1 Å². The van der Waals surface area contributed by atoms with Gasteiger partial charge in [-0.25, -0.2) is 4.39 Å². The third-order valence-corrected chi connectivity index (χ3v) is 2.34. The van der Waals surface area contributed by atoms with Gasteiger partial charge in [-0.2, -0.15) is 13.2 Å². The molecule has 0 radical (unpaired) electrons. The van der Waals surface area contributed by atoms with Gasteiger partial charge in [0.1, 0.15) is 5.82 Å². The van der Waals surface area contributed by atoms with Crippen LogP contribution < -0.4 is 5.32 Å². The lowest BCUT2D eigenvalue weighted by molar-refractivity contribution is -0.133. The van der Waals surface area contributed by atoms with Crippen molar-refractivity contribution in [2.75, 3.05) is 20.1 Å². The first-order chi connectivity index (χ1) is 8.78. The highest BCUT2D eigenvalue weighted by Gasteiger charge is 2.26. The summed E-state index contributed by atoms with van der Waals surface area (Å²) in [4.78, 5) is 12.8. The van der Waals surface area contributed by atoms with E-state index >= 15 is 0 Å². The first-order valence-corrected chi connectivity index (χ1v) is 5.54. The molecule has 0 unspecified atom stereocenters. The summed E-state index contributed by atoms with van der Waals surface area (Å²) in [6, 6.07) is 5.68. The van der Waals surface area contributed by atoms with Gasteiger partial charge in [0.15, 0.2) is 0 Å². The number of nitrogens with one attached hydrogen (secondary N) is 1. The molecule has 0 fully saturated rings. The van der Waals surface area contributed by atoms with E-state index in [2.05, 4.69) is 0 Å². The van der Waals surface area contributed by atoms with Crippen molar-refractivity contribution in [3.63, 3.8) is 0 Å². The molecule has 0 saturated carbocycles. The van der Waals surface area contributed by atoms with Crippen molar-refractivity contribution < 1.29 is 22.4 Å². The molecule has 0 aromatic heterocycles. The number of nitrogens with zero attached hydrogens (tertiary/aromatic N) is 1. The Morgan fingerprint density at radius 3 is 2.63 bits per heavy atom. The Hall–Kier alpha value is -1.63. The van der Waals surface area contributed by atoms with Gasteiger partial charge in [0, 0.05) is 13.6 Å². The average molecular weight is 278 g/mol. The third-order valence-electron chi connectivity index (χ3n) is 2.34. The Kier molecular flexibility index (Phi) is 5.29. The summed E-state index contributed by atoms with van der Waals surface area (Å²) in [5.41, 5.74) is 0.576. The van der Waals surface area contributed by atoms with Crippen molar-refractivity contribution in [2.24, 2.45) is 0 Å². The van der Waals surface area contributed by atoms with E-state index in [0.29, 0.717) is 5.56 Å². The van der Waals surface area contributed by atoms with Crippen LogP contribution in [0.15, 0.2) is 24.3 Å². The highest BCUT2D eigenvalue weighted by molar-refractivity contribution is 5.77. The minimum absolute atomic E-state index is 0.143. The van der Waals surface area contributed by atoms with Gasteiger partial charge in [0.25, 0.3) is 0 Å². The van der Waals surface area contributed by atoms with Gasteiger partial charge in [0.05, 0.1) is 13.1 Å². The molecule has 1 rings (SSSR count). The van der Waals surface area contributed by atoms with Crippen molar-refractivity contribution in [1.29, 1.82) is 0 Å². The topological polar surface area (TPSA) is 32.3 Å². The van der Waals surface area contributed by atoms with Crippen LogP contribution in [0.5, 0.6) is 0 Å². The molecule has 0 aliphatic rings. The van der Waals surface area contributed by atoms with Crippen LogP contribution in [0, 0.1) is 5.82 Å². The smallest absolute Gasteiger partial charge is 0.340 e. The maximum Gasteiger partial charge on any atom is 0.401 e. The van der Waals surface area contributed by atoms with Gasteiger partial charge in [-0.15, -0.1) is 0 Å². The number of amides is 1. The molecule has 106 valence electrons. The second-order valence-electron chi connectivity index (χ2n) is 4.10. The number of carbonyl (C=O) groups excluding carboxylic acids is 1. The number of carbonyl (C=O) groups is 1. The highest BCUT2D eigenvalue weighted by Crippen LogP contribution is 2.12. The minimum Gasteiger partial charge on any atom is -0.340 e. The van der Waals surface area contributed by atoms with E-state index in [0.717, 1.165) is 0 Å². The van der Waals surface area contributed by atoms with Crippen molar-refractivity contribution in [3.05, 3.63) is 35.6 Å². The molecule has 0 spiro atoms. The number of hydrogen-bond acceptors (Lipinski definition) is 2. The Bertz CT molecular complexity index is 434. The number of alkyl halides is 3. The first-order valence-electron chi connectivity index (χ1n) is 5.54. The van der Waals surface area contributed by atoms with Crippen LogP contribution in [0.2, 0.25) is 0 Å². The van der Waals surface area contributed by atoms with Crippen LogP contribution >= 0.6 is 0 Å². The molecule has 0 atom stereocenters. The second-order valence-corrected chi connectivity index (χ2v) is 4.10. The summed E-state index contributed by atoms with van der Waals surface area (Å²) in [6.07, 6.45) is -4.35. The summed E-state index contributed by atoms with van der Waals surface area (Å²) in [5.74, 6) is -0.915. The third kappa shape index (κ3) is 6.19. The van der Waals surface area contributed by atoms with Gasteiger partial charge in [-0.05, 0) is 17.7 Å². The summed E-state index contributed by atoms with van der Waals surface area (Å²) in [7, 11) is 1.45. The maximum absolute atomic E-state index is 12.9. The Morgan fingerprint density at radius 1 is 1.37 bits per heavy atom. The summed E-state index contributed by atoms with van der Waals surface area (Å²) < 4.78 is 48.5. The summed E-state index contributed by atoms with van der Waals surface area (Å²) in [5, 5.41) is 2.01. The molecule has 0 bridgehead atoms. The zero-order chi connectivity index (χ0) is 14.5. The highest BCUT2D eigenvalue weighted by atomic mass is 19.4. The van der Waals surface area contributed by atoms with E-state index in [-0.39, 0.29) is 6.54 Å². The van der Waals surface area contributed by atoms with Gasteiger partial charge in [-0.1, -0.05) is 12.1 Å². The number of benzene rings is 1. The van der Waals surface area contributed by atoms with E-state index in [4.69, 9.17) is 0 Å². The van der Waals surface area contributed by atoms with Gasteiger partial charge >= 0.3 is 6.18 Å². The van der Waals surface area contributed by atoms with Crippen LogP contribution in [0.25, 0.3) is 0 Å². The van der Waals surface area contributed by atoms with E-state index in [1.165, 1.54) is 30.1 Å². The lowest BCUT2D eigenvalue weighted by atomic mass is 10.2. The zero-order valence-corrected chi connectivity index (χ0v) is 10.3. The lowest BCUT2D eigenvalue weighted by Gasteiger charge is -2.18. The summed E-state index contributed by atoms with van der Waals surface area (Å²) in [6.45, 7) is -1.48. The van der Waals surface area contributed by atoms with Crippen LogP contribution in [-0.2, 0) is 11.3 Å². The normalized spacial score (nSPS) is 11.4. The predicted molar refractivity (Wildman–Crippen MR) is 61.8 cm³/mol. The molecule has 0 saturated heterocycles. The fraction of sp³-hybridized carbons (Fsp3) is 0.417. The molecule has 1 aromatic carbocycles. The van der Waals surface area contributed by atoms with Crippen LogP contribution in [0.4, 0.5) is 17.6 Å². The molecule has 0 aliphatic heterocycles. The lowest BCUT2D eigenvalue weighted by Crippen LogP contribution is -2.38. The molecular weight excluding hydrogens is 264 g/mol. The molecule has 3 nitrogen and oxygen atoms in total. The number of rotatable bonds is 5. The van der Waals surface area contributed by atoms with E-state index in [1.54, 1.807) is 6.07 Å². The second kappa shape index (κ2) is 6.51. The van der Waals surface area contributed by atoms with E-state index < -0.39 is 31.0 Å². The molecular formula is C12H14F4N2O. The maximum atomic E-state index is 12.9. The quantitative estimate of drug-likeness (QED) is 0.835. The number of likely N-dealkylation sites (N-methyl/N-ethyl adjacent to an activating group) is 1. The van der Waals surface area contributed by atoms with Gasteiger partial charge < -0.3 is 10.2 Å². The predicted octanol–water partition coefficient (Wildman–Crippen LogP) is 1.94. The van der Waals surface area contributed by atoms with Crippen molar-refractivity contribution in [1.82, 2.24) is 10.2 Å².